The van der Waals surface area contributed by atoms with E-state index >= 15 is 0 Å². The van der Waals surface area contributed by atoms with Crippen molar-refractivity contribution in [2.75, 3.05) is 20.3 Å². The zero-order valence-electron chi connectivity index (χ0n) is 16.9. The number of amides is 1. The summed E-state index contributed by atoms with van der Waals surface area (Å²) in [5.74, 6) is -0.555. The highest BCUT2D eigenvalue weighted by Gasteiger charge is 2.35. The fraction of sp³-hybridized carbons (Fsp3) is 0.350. The van der Waals surface area contributed by atoms with Crippen molar-refractivity contribution in [1.82, 2.24) is 15.6 Å². The third kappa shape index (κ3) is 5.92. The number of nitrogens with zero attached hydrogens (tertiary/aromatic N) is 1. The lowest BCUT2D eigenvalue weighted by atomic mass is 10.00. The molecule has 0 radical (unpaired) electrons. The molecule has 0 unspecified atom stereocenters. The number of carbonyl (C=O) groups excluding carboxylic acids is 1. The molecule has 11 heteroatoms. The number of pyridine rings is 1. The van der Waals surface area contributed by atoms with Crippen LogP contribution < -0.4 is 10.6 Å². The first-order valence-electron chi connectivity index (χ1n) is 9.13. The van der Waals surface area contributed by atoms with Crippen molar-refractivity contribution in [2.24, 2.45) is 0 Å². The van der Waals surface area contributed by atoms with Gasteiger partial charge >= 0.3 is 6.18 Å². The number of rotatable bonds is 8. The van der Waals surface area contributed by atoms with Crippen LogP contribution in [0.25, 0.3) is 0 Å². The summed E-state index contributed by atoms with van der Waals surface area (Å²) in [4.78, 5) is 16.0. The Morgan fingerprint density at radius 3 is 2.52 bits per heavy atom. The molecule has 168 valence electrons. The number of carbonyl (C=O) groups is 1. The van der Waals surface area contributed by atoms with E-state index in [4.69, 9.17) is 10.1 Å². The highest BCUT2D eigenvalue weighted by Crippen LogP contribution is 2.31. The zero-order valence-corrected chi connectivity index (χ0v) is 16.9. The maximum Gasteiger partial charge on any atom is 0.433 e. The maximum atomic E-state index is 13.1. The number of ether oxygens (including phenoxy) is 1. The van der Waals surface area contributed by atoms with E-state index in [1.165, 1.54) is 44.3 Å². The molecular formula is C20H23F3N4O4. The smallest absolute Gasteiger partial charge is 0.433 e. The second kappa shape index (κ2) is 9.75. The van der Waals surface area contributed by atoms with Crippen molar-refractivity contribution in [3.63, 3.8) is 0 Å². The van der Waals surface area contributed by atoms with E-state index in [2.05, 4.69) is 15.6 Å². The molecule has 1 aliphatic carbocycles. The minimum atomic E-state index is -4.63. The van der Waals surface area contributed by atoms with Crippen LogP contribution in [-0.2, 0) is 22.3 Å². The van der Waals surface area contributed by atoms with Crippen molar-refractivity contribution in [2.45, 2.75) is 25.2 Å². The molecule has 0 aromatic carbocycles. The Hall–Kier alpha value is -3.18. The number of aliphatic hydroxyl groups excluding tert-OH is 2. The molecule has 5 N–H and O–H groups in total. The minimum absolute atomic E-state index is 0.0408. The first-order chi connectivity index (χ1) is 14.5. The monoisotopic (exact) mass is 440 g/mol. The highest BCUT2D eigenvalue weighted by atomic mass is 19.4. The molecule has 31 heavy (non-hydrogen) atoms. The predicted octanol–water partition coefficient (Wildman–Crippen LogP) is 1.42. The predicted molar refractivity (Wildman–Crippen MR) is 106 cm³/mol. The molecule has 0 spiro atoms. The summed E-state index contributed by atoms with van der Waals surface area (Å²) >= 11 is 0. The molecule has 1 aromatic rings. The number of aromatic nitrogens is 1. The van der Waals surface area contributed by atoms with Crippen molar-refractivity contribution < 1.29 is 32.9 Å². The van der Waals surface area contributed by atoms with Crippen molar-refractivity contribution in [3.8, 4) is 0 Å². The summed E-state index contributed by atoms with van der Waals surface area (Å²) < 4.78 is 44.7. The van der Waals surface area contributed by atoms with Crippen LogP contribution in [0, 0.1) is 5.41 Å². The molecule has 1 aliphatic rings. The van der Waals surface area contributed by atoms with E-state index < -0.39 is 43.1 Å². The lowest BCUT2D eigenvalue weighted by molar-refractivity contribution is -0.142. The molecule has 0 saturated carbocycles. The van der Waals surface area contributed by atoms with Crippen LogP contribution in [0.3, 0.4) is 0 Å². The Bertz CT molecular complexity index is 935. The van der Waals surface area contributed by atoms with Gasteiger partial charge in [0.05, 0.1) is 24.5 Å². The molecule has 2 rings (SSSR count). The van der Waals surface area contributed by atoms with Gasteiger partial charge in [0, 0.05) is 24.4 Å². The number of allylic oxidation sites excluding steroid dienone is 4. The van der Waals surface area contributed by atoms with Gasteiger partial charge in [-0.05, 0) is 31.2 Å². The number of halogens is 3. The number of alkyl halides is 3. The number of likely N-dealkylation sites (N-methyl/N-ethyl adjacent to an activating group) is 1. The second-order valence-corrected chi connectivity index (χ2v) is 6.96. The van der Waals surface area contributed by atoms with Crippen LogP contribution in [0.5, 0.6) is 0 Å². The Labute approximate surface area is 176 Å². The fourth-order valence-corrected chi connectivity index (χ4v) is 2.63. The van der Waals surface area contributed by atoms with E-state index in [0.29, 0.717) is 0 Å². The summed E-state index contributed by atoms with van der Waals surface area (Å²) in [5.41, 5.74) is -2.47. The minimum Gasteiger partial charge on any atom is -0.489 e. The van der Waals surface area contributed by atoms with Crippen LogP contribution in [0.1, 0.15) is 18.2 Å². The normalized spacial score (nSPS) is 16.0. The molecule has 1 amide bonds. The fourth-order valence-electron chi connectivity index (χ4n) is 2.63. The zero-order chi connectivity index (χ0) is 23.2. The SMILES string of the molecule is CN/C(C(=O)NC(C)(CO)CO)=C1/C=C(OCc2cccnc2C(F)(F)F)C=CC1=N. The van der Waals surface area contributed by atoms with Gasteiger partial charge in [0.2, 0.25) is 0 Å². The lowest BCUT2D eigenvalue weighted by Crippen LogP contribution is -2.53. The Morgan fingerprint density at radius 2 is 1.94 bits per heavy atom. The van der Waals surface area contributed by atoms with Crippen LogP contribution in [0.15, 0.2) is 53.6 Å². The van der Waals surface area contributed by atoms with E-state index in [1.807, 2.05) is 0 Å². The summed E-state index contributed by atoms with van der Waals surface area (Å²) in [7, 11) is 1.45. The topological polar surface area (TPSA) is 128 Å². The molecule has 0 saturated heterocycles. The molecule has 0 bridgehead atoms. The lowest BCUT2D eigenvalue weighted by Gasteiger charge is -2.27. The molecule has 0 atom stereocenters. The highest BCUT2D eigenvalue weighted by molar-refractivity contribution is 6.14. The van der Waals surface area contributed by atoms with Gasteiger partial charge in [0.15, 0.2) is 5.69 Å². The molecule has 0 aliphatic heterocycles. The summed E-state index contributed by atoms with van der Waals surface area (Å²) in [6.07, 6.45) is 0.477. The Balaban J connectivity index is 2.29. The largest absolute Gasteiger partial charge is 0.489 e. The van der Waals surface area contributed by atoms with Gasteiger partial charge in [-0.25, -0.2) is 0 Å². The molecule has 1 aromatic heterocycles. The van der Waals surface area contributed by atoms with Crippen molar-refractivity contribution in [1.29, 1.82) is 5.41 Å². The van der Waals surface area contributed by atoms with E-state index in [9.17, 15) is 28.2 Å². The van der Waals surface area contributed by atoms with Crippen LogP contribution >= 0.6 is 0 Å². The first-order valence-corrected chi connectivity index (χ1v) is 9.13. The van der Waals surface area contributed by atoms with Crippen molar-refractivity contribution >= 4 is 11.6 Å². The second-order valence-electron chi connectivity index (χ2n) is 6.96. The van der Waals surface area contributed by atoms with Gasteiger partial charge in [0.25, 0.3) is 5.91 Å². The average Bonchev–Trinajstić information content (AvgIpc) is 2.74. The third-order valence-electron chi connectivity index (χ3n) is 4.40. The van der Waals surface area contributed by atoms with Crippen LogP contribution in [-0.4, -0.2) is 52.6 Å². The Morgan fingerprint density at radius 1 is 1.26 bits per heavy atom. The maximum absolute atomic E-state index is 13.1. The van der Waals surface area contributed by atoms with Gasteiger partial charge in [-0.15, -0.1) is 0 Å². The van der Waals surface area contributed by atoms with Crippen LogP contribution in [0.4, 0.5) is 13.2 Å². The number of aliphatic hydroxyl groups is 2. The summed E-state index contributed by atoms with van der Waals surface area (Å²) in [5, 5.41) is 32.0. The number of hydrogen-bond acceptors (Lipinski definition) is 7. The summed E-state index contributed by atoms with van der Waals surface area (Å²) in [6.45, 7) is -0.0232. The standard InChI is InChI=1S/C20H23F3N4O4/c1-19(10-28,11-29)27-18(30)16(25-2)14-8-13(5-6-15(14)24)31-9-12-4-3-7-26-17(12)20(21,22)23/h3-8,24-25,28-29H,9-11H2,1-2H3,(H,27,30)/b16-14-,24-15?. The third-order valence-corrected chi connectivity index (χ3v) is 4.40. The van der Waals surface area contributed by atoms with Gasteiger partial charge in [-0.1, -0.05) is 6.07 Å². The quantitative estimate of drug-likeness (QED) is 0.389. The van der Waals surface area contributed by atoms with Crippen molar-refractivity contribution in [3.05, 3.63) is 64.8 Å². The summed E-state index contributed by atoms with van der Waals surface area (Å²) in [6, 6.07) is 2.61. The van der Waals surface area contributed by atoms with Gasteiger partial charge in [-0.2, -0.15) is 13.2 Å². The number of nitrogens with one attached hydrogen (secondary N) is 3. The van der Waals surface area contributed by atoms with Gasteiger partial charge in [0.1, 0.15) is 18.1 Å². The van der Waals surface area contributed by atoms with E-state index in [0.717, 1.165) is 6.20 Å². The molecule has 8 nitrogen and oxygen atoms in total. The average molecular weight is 440 g/mol. The number of hydrogen-bond donors (Lipinski definition) is 5. The molecule has 1 heterocycles. The van der Waals surface area contributed by atoms with Gasteiger partial charge in [-0.3, -0.25) is 9.78 Å². The molecule has 0 fully saturated rings. The Kier molecular flexibility index (Phi) is 7.58. The van der Waals surface area contributed by atoms with E-state index in [1.54, 1.807) is 0 Å². The van der Waals surface area contributed by atoms with E-state index in [-0.39, 0.29) is 28.3 Å². The van der Waals surface area contributed by atoms with Crippen LogP contribution in [0.2, 0.25) is 0 Å². The molecular weight excluding hydrogens is 417 g/mol. The first kappa shape index (κ1) is 24.1. The van der Waals surface area contributed by atoms with Gasteiger partial charge < -0.3 is 31.0 Å².